The Bertz CT molecular complexity index is 379. The SMILES string of the molecule is N#Cc1cccc(Br)c1OCC1CC1. The van der Waals surface area contributed by atoms with Gasteiger partial charge in [-0.2, -0.15) is 5.26 Å². The summed E-state index contributed by atoms with van der Waals surface area (Å²) in [6.45, 7) is 0.733. The van der Waals surface area contributed by atoms with Crippen molar-refractivity contribution >= 4 is 15.9 Å². The minimum absolute atomic E-state index is 0.597. The van der Waals surface area contributed by atoms with Crippen LogP contribution in [0.4, 0.5) is 0 Å². The predicted molar refractivity (Wildman–Crippen MR) is 57.1 cm³/mol. The Labute approximate surface area is 91.6 Å². The van der Waals surface area contributed by atoms with E-state index in [9.17, 15) is 0 Å². The summed E-state index contributed by atoms with van der Waals surface area (Å²) in [7, 11) is 0. The van der Waals surface area contributed by atoms with Gasteiger partial charge in [-0.1, -0.05) is 6.07 Å². The topological polar surface area (TPSA) is 33.0 Å². The molecule has 0 heterocycles. The Hall–Kier alpha value is -1.01. The Balaban J connectivity index is 2.16. The maximum Gasteiger partial charge on any atom is 0.151 e. The van der Waals surface area contributed by atoms with Gasteiger partial charge in [0.15, 0.2) is 5.75 Å². The molecule has 1 fully saturated rings. The quantitative estimate of drug-likeness (QED) is 0.827. The molecule has 0 unspecified atom stereocenters. The molecule has 0 aromatic heterocycles. The molecule has 72 valence electrons. The monoisotopic (exact) mass is 251 g/mol. The zero-order valence-corrected chi connectivity index (χ0v) is 9.25. The molecule has 2 nitrogen and oxygen atoms in total. The number of ether oxygens (including phenoxy) is 1. The Morgan fingerprint density at radius 3 is 2.93 bits per heavy atom. The lowest BCUT2D eigenvalue weighted by atomic mass is 10.2. The number of halogens is 1. The van der Waals surface area contributed by atoms with Gasteiger partial charge in [0.05, 0.1) is 16.6 Å². The van der Waals surface area contributed by atoms with Gasteiger partial charge in [0.2, 0.25) is 0 Å². The van der Waals surface area contributed by atoms with Crippen LogP contribution in [0.1, 0.15) is 18.4 Å². The first-order valence-corrected chi connectivity index (χ1v) is 5.42. The van der Waals surface area contributed by atoms with Crippen molar-refractivity contribution in [3.63, 3.8) is 0 Å². The summed E-state index contributed by atoms with van der Waals surface area (Å²) in [5.41, 5.74) is 0.597. The number of para-hydroxylation sites is 1. The van der Waals surface area contributed by atoms with E-state index in [4.69, 9.17) is 10.00 Å². The second kappa shape index (κ2) is 4.02. The van der Waals surface area contributed by atoms with Crippen molar-refractivity contribution < 1.29 is 4.74 Å². The molecule has 0 aliphatic heterocycles. The minimum Gasteiger partial charge on any atom is -0.491 e. The fourth-order valence-corrected chi connectivity index (χ4v) is 1.71. The standard InChI is InChI=1S/C11H10BrNO/c12-10-3-1-2-9(6-13)11(10)14-7-8-4-5-8/h1-3,8H,4-5,7H2. The number of nitrogens with zero attached hydrogens (tertiary/aromatic N) is 1. The number of benzene rings is 1. The first kappa shape index (κ1) is 9.54. The summed E-state index contributed by atoms with van der Waals surface area (Å²) in [4.78, 5) is 0. The molecule has 1 aliphatic rings. The number of hydrogen-bond acceptors (Lipinski definition) is 2. The first-order chi connectivity index (χ1) is 6.81. The lowest BCUT2D eigenvalue weighted by Crippen LogP contribution is -2.01. The van der Waals surface area contributed by atoms with Crippen molar-refractivity contribution in [1.29, 1.82) is 5.26 Å². The number of nitriles is 1. The van der Waals surface area contributed by atoms with Crippen LogP contribution >= 0.6 is 15.9 Å². The zero-order chi connectivity index (χ0) is 9.97. The van der Waals surface area contributed by atoms with Crippen LogP contribution in [0.25, 0.3) is 0 Å². The van der Waals surface area contributed by atoms with Crippen molar-refractivity contribution in [2.45, 2.75) is 12.8 Å². The summed E-state index contributed by atoms with van der Waals surface area (Å²) in [6, 6.07) is 7.63. The third-order valence-corrected chi connectivity index (χ3v) is 2.87. The summed E-state index contributed by atoms with van der Waals surface area (Å²) in [5, 5.41) is 8.87. The van der Waals surface area contributed by atoms with Gasteiger partial charge < -0.3 is 4.74 Å². The molecule has 1 aromatic rings. The first-order valence-electron chi connectivity index (χ1n) is 4.62. The molecule has 3 heteroatoms. The van der Waals surface area contributed by atoms with Gasteiger partial charge in [0.1, 0.15) is 6.07 Å². The second-order valence-corrected chi connectivity index (χ2v) is 4.34. The molecule has 0 saturated heterocycles. The average molecular weight is 252 g/mol. The fraction of sp³-hybridized carbons (Fsp3) is 0.364. The summed E-state index contributed by atoms with van der Waals surface area (Å²) >= 11 is 3.38. The van der Waals surface area contributed by atoms with Gasteiger partial charge in [-0.15, -0.1) is 0 Å². The molecule has 0 spiro atoms. The fourth-order valence-electron chi connectivity index (χ4n) is 1.23. The highest BCUT2D eigenvalue weighted by molar-refractivity contribution is 9.10. The van der Waals surface area contributed by atoms with Crippen molar-refractivity contribution in [1.82, 2.24) is 0 Å². The smallest absolute Gasteiger partial charge is 0.151 e. The second-order valence-electron chi connectivity index (χ2n) is 3.48. The van der Waals surface area contributed by atoms with Crippen molar-refractivity contribution in [2.24, 2.45) is 5.92 Å². The molecule has 14 heavy (non-hydrogen) atoms. The third kappa shape index (κ3) is 2.08. The predicted octanol–water partition coefficient (Wildman–Crippen LogP) is 3.11. The molecule has 0 radical (unpaired) electrons. The van der Waals surface area contributed by atoms with Gasteiger partial charge in [-0.3, -0.25) is 0 Å². The van der Waals surface area contributed by atoms with E-state index in [-0.39, 0.29) is 0 Å². The van der Waals surface area contributed by atoms with Crippen molar-refractivity contribution in [3.05, 3.63) is 28.2 Å². The van der Waals surface area contributed by atoms with Crippen LogP contribution < -0.4 is 4.74 Å². The van der Waals surface area contributed by atoms with Gasteiger partial charge >= 0.3 is 0 Å². The van der Waals surface area contributed by atoms with E-state index in [0.717, 1.165) is 11.1 Å². The van der Waals surface area contributed by atoms with Crippen LogP contribution in [0, 0.1) is 17.2 Å². The summed E-state index contributed by atoms with van der Waals surface area (Å²) in [6.07, 6.45) is 2.51. The molecule has 0 bridgehead atoms. The average Bonchev–Trinajstić information content (AvgIpc) is 2.99. The highest BCUT2D eigenvalue weighted by Crippen LogP contribution is 2.33. The molecule has 1 aliphatic carbocycles. The van der Waals surface area contributed by atoms with Gasteiger partial charge in [-0.25, -0.2) is 0 Å². The van der Waals surface area contributed by atoms with Crippen LogP contribution in [0.3, 0.4) is 0 Å². The summed E-state index contributed by atoms with van der Waals surface area (Å²) < 4.78 is 6.47. The molecular formula is C11H10BrNO. The van der Waals surface area contributed by atoms with E-state index in [2.05, 4.69) is 22.0 Å². The van der Waals surface area contributed by atoms with Gasteiger partial charge in [0, 0.05) is 0 Å². The lowest BCUT2D eigenvalue weighted by molar-refractivity contribution is 0.297. The molecule has 2 rings (SSSR count). The molecule has 1 saturated carbocycles. The molecular weight excluding hydrogens is 242 g/mol. The van der Waals surface area contributed by atoms with Crippen molar-refractivity contribution in [3.8, 4) is 11.8 Å². The van der Waals surface area contributed by atoms with Crippen LogP contribution in [0.2, 0.25) is 0 Å². The van der Waals surface area contributed by atoms with E-state index >= 15 is 0 Å². The third-order valence-electron chi connectivity index (χ3n) is 2.25. The normalized spacial score (nSPS) is 14.9. The van der Waals surface area contributed by atoms with Crippen LogP contribution in [-0.4, -0.2) is 6.61 Å². The minimum atomic E-state index is 0.597. The van der Waals surface area contributed by atoms with Gasteiger partial charge in [0.25, 0.3) is 0 Å². The van der Waals surface area contributed by atoms with Gasteiger partial charge in [-0.05, 0) is 46.8 Å². The lowest BCUT2D eigenvalue weighted by Gasteiger charge is -2.08. The maximum atomic E-state index is 8.87. The molecule has 0 atom stereocenters. The van der Waals surface area contributed by atoms with Crippen LogP contribution in [0.15, 0.2) is 22.7 Å². The van der Waals surface area contributed by atoms with Crippen molar-refractivity contribution in [2.75, 3.05) is 6.61 Å². The van der Waals surface area contributed by atoms with E-state index in [1.54, 1.807) is 6.07 Å². The van der Waals surface area contributed by atoms with Crippen LogP contribution in [0.5, 0.6) is 5.75 Å². The van der Waals surface area contributed by atoms with E-state index in [0.29, 0.717) is 17.2 Å². The Morgan fingerprint density at radius 1 is 1.50 bits per heavy atom. The summed E-state index contributed by atoms with van der Waals surface area (Å²) in [5.74, 6) is 1.38. The van der Waals surface area contributed by atoms with E-state index < -0.39 is 0 Å². The van der Waals surface area contributed by atoms with E-state index in [1.807, 2.05) is 12.1 Å². The van der Waals surface area contributed by atoms with Crippen LogP contribution in [-0.2, 0) is 0 Å². The number of hydrogen-bond donors (Lipinski definition) is 0. The Morgan fingerprint density at radius 2 is 2.29 bits per heavy atom. The zero-order valence-electron chi connectivity index (χ0n) is 7.66. The number of rotatable bonds is 3. The maximum absolute atomic E-state index is 8.87. The highest BCUT2D eigenvalue weighted by Gasteiger charge is 2.22. The molecule has 0 N–H and O–H groups in total. The largest absolute Gasteiger partial charge is 0.491 e. The molecule has 1 aromatic carbocycles. The highest BCUT2D eigenvalue weighted by atomic mass is 79.9. The Kier molecular flexibility index (Phi) is 2.74. The molecule has 0 amide bonds. The van der Waals surface area contributed by atoms with E-state index in [1.165, 1.54) is 12.8 Å².